The van der Waals surface area contributed by atoms with Crippen LogP contribution in [0.15, 0.2) is 0 Å². The van der Waals surface area contributed by atoms with Crippen LogP contribution in [0.2, 0.25) is 0 Å². The molecule has 138 valence electrons. The molecule has 24 heavy (non-hydrogen) atoms. The maximum absolute atomic E-state index is 9.10. The molecular weight excluding hydrogens is 308 g/mol. The maximum atomic E-state index is 9.10. The van der Waals surface area contributed by atoms with E-state index in [4.69, 9.17) is 19.8 Å². The van der Waals surface area contributed by atoms with Crippen molar-refractivity contribution >= 4 is 11.9 Å². The number of carboxylic acids is 2. The number of rotatable bonds is 2. The summed E-state index contributed by atoms with van der Waals surface area (Å²) in [5, 5.41) is 14.8. The lowest BCUT2D eigenvalue weighted by Crippen LogP contribution is -2.53. The van der Waals surface area contributed by atoms with Crippen LogP contribution in [0.5, 0.6) is 0 Å². The van der Waals surface area contributed by atoms with Crippen molar-refractivity contribution in [2.45, 2.75) is 70.4 Å². The summed E-state index contributed by atoms with van der Waals surface area (Å²) in [6.07, 6.45) is 11.8. The van der Waals surface area contributed by atoms with Gasteiger partial charge in [0.2, 0.25) is 0 Å². The lowest BCUT2D eigenvalue weighted by molar-refractivity contribution is -0.159. The van der Waals surface area contributed by atoms with Gasteiger partial charge in [0, 0.05) is 38.3 Å². The van der Waals surface area contributed by atoms with Gasteiger partial charge in [0.05, 0.1) is 0 Å². The summed E-state index contributed by atoms with van der Waals surface area (Å²) in [6.45, 7) is 7.81. The van der Waals surface area contributed by atoms with Crippen LogP contribution in [0.3, 0.4) is 0 Å². The first-order valence-electron chi connectivity index (χ1n) is 9.41. The SMILES string of the molecule is CC1CCCC(N2CCN(C3CCCC3)CC2)C1.O=C(O)C(=O)O. The largest absolute Gasteiger partial charge is 0.473 e. The van der Waals surface area contributed by atoms with Crippen LogP contribution >= 0.6 is 0 Å². The Morgan fingerprint density at radius 1 is 0.750 bits per heavy atom. The molecule has 6 nitrogen and oxygen atoms in total. The molecule has 6 heteroatoms. The van der Waals surface area contributed by atoms with Gasteiger partial charge in [0.15, 0.2) is 0 Å². The fourth-order valence-electron chi connectivity index (χ4n) is 4.47. The molecule has 3 rings (SSSR count). The van der Waals surface area contributed by atoms with Crippen molar-refractivity contribution in [1.82, 2.24) is 9.80 Å². The Morgan fingerprint density at radius 2 is 1.21 bits per heavy atom. The molecule has 1 aliphatic heterocycles. The summed E-state index contributed by atoms with van der Waals surface area (Å²) in [7, 11) is 0. The highest BCUT2D eigenvalue weighted by molar-refractivity contribution is 6.27. The first kappa shape index (κ1) is 19.2. The zero-order valence-corrected chi connectivity index (χ0v) is 14.8. The molecule has 2 atom stereocenters. The molecule has 1 heterocycles. The van der Waals surface area contributed by atoms with E-state index in [1.54, 1.807) is 0 Å². The highest BCUT2D eigenvalue weighted by atomic mass is 16.4. The molecule has 0 spiro atoms. The molecule has 0 aromatic carbocycles. The van der Waals surface area contributed by atoms with Gasteiger partial charge < -0.3 is 10.2 Å². The molecule has 0 aromatic rings. The number of aliphatic carboxylic acids is 2. The van der Waals surface area contributed by atoms with Crippen molar-refractivity contribution < 1.29 is 19.8 Å². The normalized spacial score (nSPS) is 29.7. The molecule has 0 amide bonds. The van der Waals surface area contributed by atoms with Crippen LogP contribution in [-0.4, -0.2) is 70.2 Å². The summed E-state index contributed by atoms with van der Waals surface area (Å²) >= 11 is 0. The molecule has 3 fully saturated rings. The summed E-state index contributed by atoms with van der Waals surface area (Å²) < 4.78 is 0. The van der Waals surface area contributed by atoms with E-state index in [0.717, 1.165) is 18.0 Å². The molecule has 0 radical (unpaired) electrons. The van der Waals surface area contributed by atoms with Gasteiger partial charge in [-0.2, -0.15) is 0 Å². The van der Waals surface area contributed by atoms with E-state index >= 15 is 0 Å². The average molecular weight is 340 g/mol. The fourth-order valence-corrected chi connectivity index (χ4v) is 4.47. The molecule has 2 unspecified atom stereocenters. The minimum absolute atomic E-state index is 0.916. The Bertz CT molecular complexity index is 403. The van der Waals surface area contributed by atoms with Crippen LogP contribution in [-0.2, 0) is 9.59 Å². The van der Waals surface area contributed by atoms with Crippen LogP contribution in [0.1, 0.15) is 58.3 Å². The Kier molecular flexibility index (Phi) is 7.49. The number of hydrogen-bond acceptors (Lipinski definition) is 4. The smallest absolute Gasteiger partial charge is 0.414 e. The molecule has 2 aliphatic carbocycles. The standard InChI is InChI=1S/C16H30N2.C2H2O4/c1-14-5-4-8-16(13-14)18-11-9-17(10-12-18)15-6-2-3-7-15;3-1(4)2(5)6/h14-16H,2-13H2,1H3;(H,3,4)(H,5,6). The second-order valence-electron chi connectivity index (χ2n) is 7.55. The fraction of sp³-hybridized carbons (Fsp3) is 0.889. The second-order valence-corrected chi connectivity index (χ2v) is 7.55. The van der Waals surface area contributed by atoms with Crippen molar-refractivity contribution in [1.29, 1.82) is 0 Å². The number of nitrogens with zero attached hydrogens (tertiary/aromatic N) is 2. The Hall–Kier alpha value is -1.14. The third-order valence-corrected chi connectivity index (χ3v) is 5.80. The van der Waals surface area contributed by atoms with Gasteiger partial charge >= 0.3 is 11.9 Å². The van der Waals surface area contributed by atoms with Crippen molar-refractivity contribution in [3.63, 3.8) is 0 Å². The molecule has 2 N–H and O–H groups in total. The van der Waals surface area contributed by atoms with Crippen molar-refractivity contribution in [3.05, 3.63) is 0 Å². The molecule has 0 bridgehead atoms. The van der Waals surface area contributed by atoms with E-state index in [1.165, 1.54) is 77.5 Å². The first-order valence-corrected chi connectivity index (χ1v) is 9.41. The third-order valence-electron chi connectivity index (χ3n) is 5.80. The van der Waals surface area contributed by atoms with E-state index < -0.39 is 11.9 Å². The number of carboxylic acid groups (broad SMARTS) is 2. The van der Waals surface area contributed by atoms with Crippen molar-refractivity contribution in [2.75, 3.05) is 26.2 Å². The zero-order valence-electron chi connectivity index (χ0n) is 14.8. The van der Waals surface area contributed by atoms with Gasteiger partial charge in [-0.1, -0.05) is 32.6 Å². The van der Waals surface area contributed by atoms with Crippen LogP contribution in [0.4, 0.5) is 0 Å². The minimum Gasteiger partial charge on any atom is -0.473 e. The summed E-state index contributed by atoms with van der Waals surface area (Å²) in [6, 6.07) is 1.86. The molecule has 1 saturated heterocycles. The summed E-state index contributed by atoms with van der Waals surface area (Å²) in [5.74, 6) is -2.68. The topological polar surface area (TPSA) is 81.1 Å². The first-order chi connectivity index (χ1) is 11.5. The number of hydrogen-bond donors (Lipinski definition) is 2. The monoisotopic (exact) mass is 340 g/mol. The Morgan fingerprint density at radius 3 is 1.67 bits per heavy atom. The average Bonchev–Trinajstić information content (AvgIpc) is 3.10. The van der Waals surface area contributed by atoms with Gasteiger partial charge in [0.25, 0.3) is 0 Å². The van der Waals surface area contributed by atoms with Crippen LogP contribution in [0.25, 0.3) is 0 Å². The van der Waals surface area contributed by atoms with Gasteiger partial charge in [0.1, 0.15) is 0 Å². The van der Waals surface area contributed by atoms with Crippen LogP contribution in [0, 0.1) is 5.92 Å². The van der Waals surface area contributed by atoms with E-state index in [1.807, 2.05) is 0 Å². The molecule has 2 saturated carbocycles. The maximum Gasteiger partial charge on any atom is 0.414 e. The lowest BCUT2D eigenvalue weighted by Gasteiger charge is -2.43. The zero-order chi connectivity index (χ0) is 17.5. The Labute approximate surface area is 144 Å². The van der Waals surface area contributed by atoms with E-state index in [0.29, 0.717) is 0 Å². The van der Waals surface area contributed by atoms with E-state index in [-0.39, 0.29) is 0 Å². The van der Waals surface area contributed by atoms with E-state index in [2.05, 4.69) is 16.7 Å². The number of piperazine rings is 1. The Balaban J connectivity index is 0.000000301. The number of carbonyl (C=O) groups is 2. The summed E-state index contributed by atoms with van der Waals surface area (Å²) in [4.78, 5) is 23.8. The molecule has 3 aliphatic rings. The van der Waals surface area contributed by atoms with Gasteiger partial charge in [-0.3, -0.25) is 9.80 Å². The minimum atomic E-state index is -1.82. The van der Waals surface area contributed by atoms with Gasteiger partial charge in [-0.25, -0.2) is 9.59 Å². The lowest BCUT2D eigenvalue weighted by atomic mass is 9.86. The van der Waals surface area contributed by atoms with Gasteiger partial charge in [-0.15, -0.1) is 0 Å². The highest BCUT2D eigenvalue weighted by Crippen LogP contribution is 2.29. The highest BCUT2D eigenvalue weighted by Gasteiger charge is 2.30. The molecular formula is C18H32N2O4. The summed E-state index contributed by atoms with van der Waals surface area (Å²) in [5.41, 5.74) is 0. The quantitative estimate of drug-likeness (QED) is 0.751. The predicted molar refractivity (Wildman–Crippen MR) is 92.1 cm³/mol. The van der Waals surface area contributed by atoms with Crippen molar-refractivity contribution in [2.24, 2.45) is 5.92 Å². The predicted octanol–water partition coefficient (Wildman–Crippen LogP) is 2.28. The van der Waals surface area contributed by atoms with Gasteiger partial charge in [-0.05, 0) is 31.6 Å². The van der Waals surface area contributed by atoms with Crippen LogP contribution < -0.4 is 0 Å². The second kappa shape index (κ2) is 9.37. The molecule has 0 aromatic heterocycles. The van der Waals surface area contributed by atoms with E-state index in [9.17, 15) is 0 Å². The third kappa shape index (κ3) is 5.74. The van der Waals surface area contributed by atoms with Crippen molar-refractivity contribution in [3.8, 4) is 0 Å².